The molecule has 2 aromatic carbocycles. The van der Waals surface area contributed by atoms with Gasteiger partial charge in [0.25, 0.3) is 0 Å². The quantitative estimate of drug-likeness (QED) is 0.675. The van der Waals surface area contributed by atoms with Crippen LogP contribution in [-0.2, 0) is 6.42 Å². The van der Waals surface area contributed by atoms with Crippen LogP contribution in [0.1, 0.15) is 35.7 Å². The minimum absolute atomic E-state index is 0.219. The summed E-state index contributed by atoms with van der Waals surface area (Å²) in [6.45, 7) is 0. The topological polar surface area (TPSA) is 24.9 Å². The molecule has 1 N–H and O–H groups in total. The van der Waals surface area contributed by atoms with Crippen LogP contribution >= 0.6 is 0 Å². The smallest absolute Gasteiger partial charge is 0.0579 e. The van der Waals surface area contributed by atoms with Gasteiger partial charge in [-0.15, -0.1) is 0 Å². The molecule has 0 spiro atoms. The Morgan fingerprint density at radius 2 is 1.40 bits per heavy atom. The Bertz CT molecular complexity index is 727. The summed E-state index contributed by atoms with van der Waals surface area (Å²) in [5.74, 6) is 0.761. The van der Waals surface area contributed by atoms with Gasteiger partial charge in [-0.2, -0.15) is 0 Å². The highest BCUT2D eigenvalue weighted by molar-refractivity contribution is 5.32. The number of pyridine rings is 1. The SMILES string of the molecule is c1ccc(C(NC(Cc2ccccn2)C2CC2)c2ccccc2)cc1. The fraction of sp³-hybridized carbons (Fsp3) is 0.261. The highest BCUT2D eigenvalue weighted by atomic mass is 15.0. The normalized spacial score (nSPS) is 15.2. The van der Waals surface area contributed by atoms with Gasteiger partial charge in [-0.1, -0.05) is 66.7 Å². The van der Waals surface area contributed by atoms with Crippen molar-refractivity contribution in [1.82, 2.24) is 10.3 Å². The Morgan fingerprint density at radius 1 is 0.800 bits per heavy atom. The lowest BCUT2D eigenvalue weighted by molar-refractivity contribution is 0.422. The summed E-state index contributed by atoms with van der Waals surface area (Å²) in [5.41, 5.74) is 3.81. The van der Waals surface area contributed by atoms with Gasteiger partial charge in [0.15, 0.2) is 0 Å². The average Bonchev–Trinajstić information content (AvgIpc) is 3.52. The average molecular weight is 328 g/mol. The molecule has 0 amide bonds. The van der Waals surface area contributed by atoms with E-state index in [-0.39, 0.29) is 6.04 Å². The van der Waals surface area contributed by atoms with Gasteiger partial charge in [0.05, 0.1) is 6.04 Å². The minimum Gasteiger partial charge on any atom is -0.303 e. The predicted octanol–water partition coefficient (Wildman–Crippen LogP) is 4.78. The fourth-order valence-electron chi connectivity index (χ4n) is 3.49. The Morgan fingerprint density at radius 3 is 1.92 bits per heavy atom. The van der Waals surface area contributed by atoms with E-state index in [1.54, 1.807) is 0 Å². The van der Waals surface area contributed by atoms with Crippen LogP contribution in [0, 0.1) is 5.92 Å². The van der Waals surface area contributed by atoms with E-state index in [4.69, 9.17) is 0 Å². The van der Waals surface area contributed by atoms with Gasteiger partial charge in [0.2, 0.25) is 0 Å². The molecule has 1 heterocycles. The Kier molecular flexibility index (Phi) is 4.89. The summed E-state index contributed by atoms with van der Waals surface area (Å²) >= 11 is 0. The molecule has 1 saturated carbocycles. The zero-order valence-corrected chi connectivity index (χ0v) is 14.4. The third kappa shape index (κ3) is 4.15. The van der Waals surface area contributed by atoms with E-state index in [9.17, 15) is 0 Å². The molecule has 1 unspecified atom stereocenters. The van der Waals surface area contributed by atoms with Crippen molar-refractivity contribution in [2.24, 2.45) is 5.92 Å². The molecule has 0 bridgehead atoms. The van der Waals surface area contributed by atoms with Gasteiger partial charge in [-0.25, -0.2) is 0 Å². The monoisotopic (exact) mass is 328 g/mol. The molecule has 1 atom stereocenters. The van der Waals surface area contributed by atoms with Gasteiger partial charge < -0.3 is 5.32 Å². The van der Waals surface area contributed by atoms with Gasteiger partial charge >= 0.3 is 0 Å². The van der Waals surface area contributed by atoms with E-state index in [1.165, 1.54) is 29.7 Å². The number of rotatable bonds is 7. The highest BCUT2D eigenvalue weighted by Crippen LogP contribution is 2.36. The lowest BCUT2D eigenvalue weighted by Crippen LogP contribution is -2.37. The Labute approximate surface area is 149 Å². The van der Waals surface area contributed by atoms with Crippen LogP contribution in [0.15, 0.2) is 85.1 Å². The van der Waals surface area contributed by atoms with Gasteiger partial charge in [0.1, 0.15) is 0 Å². The van der Waals surface area contributed by atoms with Crippen molar-refractivity contribution in [3.63, 3.8) is 0 Å². The second-order valence-corrected chi connectivity index (χ2v) is 6.89. The standard InChI is InChI=1S/C23H24N2/c1-3-9-19(10-4-1)23(20-11-5-2-6-12-20)25-22(18-14-15-18)17-21-13-7-8-16-24-21/h1-13,16,18,22-23,25H,14-15,17H2. The Hall–Kier alpha value is -2.45. The summed E-state index contributed by atoms with van der Waals surface area (Å²) in [5, 5.41) is 3.96. The number of aromatic nitrogens is 1. The first kappa shape index (κ1) is 16.0. The van der Waals surface area contributed by atoms with Crippen molar-refractivity contribution < 1.29 is 0 Å². The molecule has 2 heteroatoms. The number of hydrogen-bond acceptors (Lipinski definition) is 2. The van der Waals surface area contributed by atoms with Crippen molar-refractivity contribution in [1.29, 1.82) is 0 Å². The largest absolute Gasteiger partial charge is 0.303 e. The molecule has 3 aromatic rings. The van der Waals surface area contributed by atoms with Crippen LogP contribution in [0.25, 0.3) is 0 Å². The Balaban J connectivity index is 1.60. The van der Waals surface area contributed by atoms with Crippen molar-refractivity contribution in [3.05, 3.63) is 102 Å². The fourth-order valence-corrected chi connectivity index (χ4v) is 3.49. The predicted molar refractivity (Wildman–Crippen MR) is 102 cm³/mol. The second kappa shape index (κ2) is 7.62. The zero-order chi connectivity index (χ0) is 16.9. The molecule has 4 rings (SSSR count). The third-order valence-corrected chi connectivity index (χ3v) is 4.99. The number of nitrogens with one attached hydrogen (secondary N) is 1. The summed E-state index contributed by atoms with van der Waals surface area (Å²) in [6.07, 6.45) is 5.52. The van der Waals surface area contributed by atoms with Crippen molar-refractivity contribution >= 4 is 0 Å². The summed E-state index contributed by atoms with van der Waals surface area (Å²) in [7, 11) is 0. The summed E-state index contributed by atoms with van der Waals surface area (Å²) in [4.78, 5) is 4.54. The maximum Gasteiger partial charge on any atom is 0.0579 e. The maximum absolute atomic E-state index is 4.54. The van der Waals surface area contributed by atoms with Gasteiger partial charge in [-0.05, 0) is 42.0 Å². The molecule has 0 aliphatic heterocycles. The molecule has 0 radical (unpaired) electrons. The van der Waals surface area contributed by atoms with E-state index in [0.717, 1.165) is 12.3 Å². The van der Waals surface area contributed by atoms with E-state index in [1.807, 2.05) is 12.3 Å². The first-order valence-electron chi connectivity index (χ1n) is 9.16. The number of nitrogens with zero attached hydrogens (tertiary/aromatic N) is 1. The van der Waals surface area contributed by atoms with Crippen LogP contribution in [0.5, 0.6) is 0 Å². The molecule has 1 aliphatic rings. The zero-order valence-electron chi connectivity index (χ0n) is 14.4. The third-order valence-electron chi connectivity index (χ3n) is 4.99. The van der Waals surface area contributed by atoms with E-state index in [0.29, 0.717) is 6.04 Å². The first-order valence-corrected chi connectivity index (χ1v) is 9.16. The van der Waals surface area contributed by atoms with Crippen LogP contribution < -0.4 is 5.32 Å². The van der Waals surface area contributed by atoms with E-state index >= 15 is 0 Å². The second-order valence-electron chi connectivity index (χ2n) is 6.89. The molecule has 1 aromatic heterocycles. The van der Waals surface area contributed by atoms with Crippen LogP contribution in [-0.4, -0.2) is 11.0 Å². The summed E-state index contributed by atoms with van der Waals surface area (Å²) < 4.78 is 0. The number of hydrogen-bond donors (Lipinski definition) is 1. The summed E-state index contributed by atoms with van der Waals surface area (Å²) in [6, 6.07) is 28.4. The molecule has 1 aliphatic carbocycles. The minimum atomic E-state index is 0.219. The molecule has 2 nitrogen and oxygen atoms in total. The highest BCUT2D eigenvalue weighted by Gasteiger charge is 2.33. The van der Waals surface area contributed by atoms with E-state index in [2.05, 4.69) is 83.1 Å². The maximum atomic E-state index is 4.54. The lowest BCUT2D eigenvalue weighted by Gasteiger charge is -2.27. The lowest BCUT2D eigenvalue weighted by atomic mass is 9.96. The van der Waals surface area contributed by atoms with Crippen LogP contribution in [0.2, 0.25) is 0 Å². The van der Waals surface area contributed by atoms with E-state index < -0.39 is 0 Å². The number of benzene rings is 2. The molecule has 25 heavy (non-hydrogen) atoms. The van der Waals surface area contributed by atoms with Crippen LogP contribution in [0.4, 0.5) is 0 Å². The molecule has 0 saturated heterocycles. The van der Waals surface area contributed by atoms with Gasteiger partial charge in [0, 0.05) is 24.4 Å². The van der Waals surface area contributed by atoms with Crippen molar-refractivity contribution in [2.45, 2.75) is 31.3 Å². The van der Waals surface area contributed by atoms with Crippen molar-refractivity contribution in [3.8, 4) is 0 Å². The van der Waals surface area contributed by atoms with Crippen LogP contribution in [0.3, 0.4) is 0 Å². The molecular formula is C23H24N2. The first-order chi connectivity index (χ1) is 12.4. The molecular weight excluding hydrogens is 304 g/mol. The molecule has 1 fully saturated rings. The van der Waals surface area contributed by atoms with Gasteiger partial charge in [-0.3, -0.25) is 4.98 Å². The van der Waals surface area contributed by atoms with Crippen molar-refractivity contribution in [2.75, 3.05) is 0 Å². The molecule has 126 valence electrons.